The smallest absolute Gasteiger partial charge is 0.0497 e. The van der Waals surface area contributed by atoms with E-state index in [2.05, 4.69) is 6.07 Å². The monoisotopic (exact) mass is 210 g/mol. The van der Waals surface area contributed by atoms with E-state index in [-0.39, 0.29) is 12.5 Å². The lowest BCUT2D eigenvalue weighted by Gasteiger charge is -2.11. The zero-order chi connectivity index (χ0) is 10.1. The highest BCUT2D eigenvalue weighted by atomic mass is 35.5. The highest BCUT2D eigenvalue weighted by Gasteiger charge is 2.16. The molecule has 1 aliphatic carbocycles. The van der Waals surface area contributed by atoms with Crippen molar-refractivity contribution in [3.05, 3.63) is 33.8 Å². The van der Waals surface area contributed by atoms with Gasteiger partial charge in [0.1, 0.15) is 0 Å². The van der Waals surface area contributed by atoms with Crippen molar-refractivity contribution in [2.45, 2.75) is 32.1 Å². The van der Waals surface area contributed by atoms with Crippen molar-refractivity contribution < 1.29 is 5.11 Å². The molecular weight excluding hydrogens is 196 g/mol. The van der Waals surface area contributed by atoms with E-state index in [1.165, 1.54) is 17.5 Å². The average molecular weight is 211 g/mol. The van der Waals surface area contributed by atoms with Gasteiger partial charge in [0.25, 0.3) is 0 Å². The number of hydrogen-bond acceptors (Lipinski definition) is 1. The summed E-state index contributed by atoms with van der Waals surface area (Å²) in [6.07, 6.45) is 3.47. The van der Waals surface area contributed by atoms with E-state index in [9.17, 15) is 0 Å². The van der Waals surface area contributed by atoms with E-state index < -0.39 is 0 Å². The van der Waals surface area contributed by atoms with Crippen LogP contribution in [0.3, 0.4) is 0 Å². The van der Waals surface area contributed by atoms with Crippen LogP contribution >= 0.6 is 11.6 Å². The highest BCUT2D eigenvalue weighted by molar-refractivity contribution is 6.31. The third-order valence-electron chi connectivity index (χ3n) is 3.03. The minimum Gasteiger partial charge on any atom is -0.396 e. The summed E-state index contributed by atoms with van der Waals surface area (Å²) >= 11 is 6.19. The molecule has 0 saturated carbocycles. The summed E-state index contributed by atoms with van der Waals surface area (Å²) in [6.45, 7) is 2.21. The maximum atomic E-state index is 9.08. The molecule has 2 heteroatoms. The standard InChI is InChI=1S/C12H15ClO/c1-8(7-14)10-5-9-3-2-4-11(9)12(13)6-10/h5-6,8,14H,2-4,7H2,1H3. The molecule has 1 N–H and O–H groups in total. The van der Waals surface area contributed by atoms with Crippen LogP contribution in [0.25, 0.3) is 0 Å². The van der Waals surface area contributed by atoms with Gasteiger partial charge in [-0.25, -0.2) is 0 Å². The van der Waals surface area contributed by atoms with Gasteiger partial charge >= 0.3 is 0 Å². The Labute approximate surface area is 89.7 Å². The SMILES string of the molecule is CC(CO)c1cc(Cl)c2c(c1)CCC2. The van der Waals surface area contributed by atoms with Gasteiger partial charge in [-0.1, -0.05) is 24.6 Å². The van der Waals surface area contributed by atoms with Crippen LogP contribution in [0.4, 0.5) is 0 Å². The molecule has 0 amide bonds. The van der Waals surface area contributed by atoms with E-state index in [4.69, 9.17) is 16.7 Å². The van der Waals surface area contributed by atoms with Crippen LogP contribution in [0, 0.1) is 0 Å². The lowest BCUT2D eigenvalue weighted by Crippen LogP contribution is -2.00. The maximum absolute atomic E-state index is 9.08. The molecule has 1 atom stereocenters. The fourth-order valence-electron chi connectivity index (χ4n) is 2.07. The van der Waals surface area contributed by atoms with Gasteiger partial charge in [0.05, 0.1) is 0 Å². The van der Waals surface area contributed by atoms with Crippen LogP contribution in [0.2, 0.25) is 5.02 Å². The second-order valence-corrected chi connectivity index (χ2v) is 4.48. The Morgan fingerprint density at radius 3 is 2.93 bits per heavy atom. The van der Waals surface area contributed by atoms with Crippen molar-refractivity contribution in [2.75, 3.05) is 6.61 Å². The summed E-state index contributed by atoms with van der Waals surface area (Å²) in [5.41, 5.74) is 3.87. The molecule has 0 spiro atoms. The van der Waals surface area contributed by atoms with E-state index in [0.29, 0.717) is 0 Å². The number of aliphatic hydroxyl groups is 1. The Bertz CT molecular complexity index is 346. The number of aryl methyl sites for hydroxylation is 1. The predicted molar refractivity (Wildman–Crippen MR) is 59.0 cm³/mol. The van der Waals surface area contributed by atoms with Gasteiger partial charge in [-0.2, -0.15) is 0 Å². The molecule has 1 unspecified atom stereocenters. The molecule has 1 aliphatic rings. The molecule has 1 aromatic carbocycles. The van der Waals surface area contributed by atoms with Gasteiger partial charge in [-0.3, -0.25) is 0 Å². The van der Waals surface area contributed by atoms with Gasteiger partial charge in [-0.05, 0) is 42.0 Å². The summed E-state index contributed by atoms with van der Waals surface area (Å²) in [4.78, 5) is 0. The first-order valence-electron chi connectivity index (χ1n) is 5.14. The second-order valence-electron chi connectivity index (χ2n) is 4.08. The summed E-state index contributed by atoms with van der Waals surface area (Å²) in [5, 5.41) is 9.97. The Morgan fingerprint density at radius 1 is 1.43 bits per heavy atom. The van der Waals surface area contributed by atoms with Gasteiger partial charge in [0.2, 0.25) is 0 Å². The molecule has 0 fully saturated rings. The number of benzene rings is 1. The molecule has 0 heterocycles. The number of rotatable bonds is 2. The van der Waals surface area contributed by atoms with E-state index >= 15 is 0 Å². The van der Waals surface area contributed by atoms with Gasteiger partial charge < -0.3 is 5.11 Å². The Morgan fingerprint density at radius 2 is 2.21 bits per heavy atom. The fraction of sp³-hybridized carbons (Fsp3) is 0.500. The molecule has 1 nitrogen and oxygen atoms in total. The molecule has 76 valence electrons. The zero-order valence-corrected chi connectivity index (χ0v) is 9.14. The number of aliphatic hydroxyl groups excluding tert-OH is 1. The molecule has 0 aliphatic heterocycles. The summed E-state index contributed by atoms with van der Waals surface area (Å²) < 4.78 is 0. The molecule has 0 radical (unpaired) electrons. The molecule has 2 rings (SSSR count). The summed E-state index contributed by atoms with van der Waals surface area (Å²) in [7, 11) is 0. The topological polar surface area (TPSA) is 20.2 Å². The molecule has 1 aromatic rings. The highest BCUT2D eigenvalue weighted by Crippen LogP contribution is 2.32. The first-order chi connectivity index (χ1) is 6.72. The second kappa shape index (κ2) is 3.92. The summed E-state index contributed by atoms with van der Waals surface area (Å²) in [5.74, 6) is 0.193. The molecular formula is C12H15ClO. The van der Waals surface area contributed by atoms with Crippen molar-refractivity contribution in [3.8, 4) is 0 Å². The number of hydrogen-bond donors (Lipinski definition) is 1. The normalized spacial score (nSPS) is 16.8. The van der Waals surface area contributed by atoms with Crippen molar-refractivity contribution in [1.29, 1.82) is 0 Å². The fourth-order valence-corrected chi connectivity index (χ4v) is 2.41. The predicted octanol–water partition coefficient (Wildman–Crippen LogP) is 2.92. The van der Waals surface area contributed by atoms with Crippen LogP contribution in [0.15, 0.2) is 12.1 Å². The molecule has 0 saturated heterocycles. The van der Waals surface area contributed by atoms with E-state index in [0.717, 1.165) is 23.4 Å². The van der Waals surface area contributed by atoms with Gasteiger partial charge in [0.15, 0.2) is 0 Å². The van der Waals surface area contributed by atoms with Crippen LogP contribution in [0.5, 0.6) is 0 Å². The van der Waals surface area contributed by atoms with Crippen molar-refractivity contribution >= 4 is 11.6 Å². The Kier molecular flexibility index (Phi) is 2.80. The van der Waals surface area contributed by atoms with Crippen molar-refractivity contribution in [1.82, 2.24) is 0 Å². The van der Waals surface area contributed by atoms with E-state index in [1.54, 1.807) is 0 Å². The molecule has 14 heavy (non-hydrogen) atoms. The third-order valence-corrected chi connectivity index (χ3v) is 3.36. The number of fused-ring (bicyclic) bond motifs is 1. The first-order valence-corrected chi connectivity index (χ1v) is 5.52. The van der Waals surface area contributed by atoms with Crippen LogP contribution in [-0.4, -0.2) is 11.7 Å². The molecule has 0 bridgehead atoms. The Hall–Kier alpha value is -0.530. The summed E-state index contributed by atoms with van der Waals surface area (Å²) in [6, 6.07) is 4.21. The van der Waals surface area contributed by atoms with Crippen LogP contribution in [0.1, 0.15) is 36.0 Å². The van der Waals surface area contributed by atoms with Gasteiger partial charge in [0, 0.05) is 17.5 Å². The zero-order valence-electron chi connectivity index (χ0n) is 8.39. The maximum Gasteiger partial charge on any atom is 0.0497 e. The lowest BCUT2D eigenvalue weighted by atomic mass is 9.98. The molecule has 0 aromatic heterocycles. The Balaban J connectivity index is 2.41. The third kappa shape index (κ3) is 1.67. The number of halogens is 1. The largest absolute Gasteiger partial charge is 0.396 e. The quantitative estimate of drug-likeness (QED) is 0.796. The first kappa shape index (κ1) is 10.0. The van der Waals surface area contributed by atoms with Crippen LogP contribution < -0.4 is 0 Å². The van der Waals surface area contributed by atoms with Crippen LogP contribution in [-0.2, 0) is 12.8 Å². The van der Waals surface area contributed by atoms with Crippen molar-refractivity contribution in [2.24, 2.45) is 0 Å². The van der Waals surface area contributed by atoms with Crippen molar-refractivity contribution in [3.63, 3.8) is 0 Å². The minimum absolute atomic E-state index is 0.190. The minimum atomic E-state index is 0.190. The lowest BCUT2D eigenvalue weighted by molar-refractivity contribution is 0.273. The van der Waals surface area contributed by atoms with E-state index in [1.807, 2.05) is 13.0 Å². The van der Waals surface area contributed by atoms with Gasteiger partial charge in [-0.15, -0.1) is 0 Å². The average Bonchev–Trinajstić information content (AvgIpc) is 2.64.